The van der Waals surface area contributed by atoms with Crippen molar-refractivity contribution >= 4 is 11.6 Å². The molecule has 124 valence electrons. The molecule has 1 aromatic carbocycles. The Balaban J connectivity index is 2.50. The molecule has 3 heteroatoms. The van der Waals surface area contributed by atoms with E-state index in [4.69, 9.17) is 11.6 Å². The number of hydrogen-bond donors (Lipinski definition) is 1. The van der Waals surface area contributed by atoms with Crippen LogP contribution in [-0.2, 0) is 5.54 Å². The molecule has 0 heterocycles. The van der Waals surface area contributed by atoms with Crippen LogP contribution in [0.25, 0.3) is 0 Å². The van der Waals surface area contributed by atoms with Gasteiger partial charge >= 0.3 is 0 Å². The number of hydrogen-bond acceptors (Lipinski definition) is 2. The van der Waals surface area contributed by atoms with Crippen LogP contribution in [0, 0.1) is 5.92 Å². The summed E-state index contributed by atoms with van der Waals surface area (Å²) in [7, 11) is 0. The van der Waals surface area contributed by atoms with Crippen molar-refractivity contribution < 1.29 is 0 Å². The molecule has 0 aliphatic heterocycles. The second-order valence-corrected chi connectivity index (χ2v) is 7.03. The van der Waals surface area contributed by atoms with E-state index < -0.39 is 0 Å². The summed E-state index contributed by atoms with van der Waals surface area (Å²) in [6, 6.07) is 9.07. The van der Waals surface area contributed by atoms with Gasteiger partial charge in [0.05, 0.1) is 5.54 Å². The number of nitrogens with zero attached hydrogens (tertiary/aromatic N) is 1. The lowest BCUT2D eigenvalue weighted by Gasteiger charge is -2.53. The molecule has 2 nitrogen and oxygen atoms in total. The van der Waals surface area contributed by atoms with Gasteiger partial charge in [-0.15, -0.1) is 0 Å². The largest absolute Gasteiger partial charge is 0.312 e. The van der Waals surface area contributed by atoms with E-state index in [0.29, 0.717) is 6.04 Å². The van der Waals surface area contributed by atoms with E-state index in [1.165, 1.54) is 24.8 Å². The van der Waals surface area contributed by atoms with Crippen molar-refractivity contribution in [2.75, 3.05) is 19.6 Å². The van der Waals surface area contributed by atoms with Crippen molar-refractivity contribution in [2.45, 2.75) is 58.5 Å². The van der Waals surface area contributed by atoms with E-state index in [1.807, 2.05) is 12.1 Å². The molecule has 3 atom stereocenters. The molecule has 1 aliphatic carbocycles. The average Bonchev–Trinajstić information content (AvgIpc) is 2.52. The van der Waals surface area contributed by atoms with Gasteiger partial charge in [-0.1, -0.05) is 51.4 Å². The molecule has 3 unspecified atom stereocenters. The zero-order valence-corrected chi connectivity index (χ0v) is 15.3. The molecule has 0 aromatic heterocycles. The summed E-state index contributed by atoms with van der Waals surface area (Å²) < 4.78 is 0. The number of rotatable bonds is 6. The van der Waals surface area contributed by atoms with Gasteiger partial charge in [-0.05, 0) is 62.5 Å². The zero-order valence-electron chi connectivity index (χ0n) is 14.5. The van der Waals surface area contributed by atoms with Crippen molar-refractivity contribution in [1.82, 2.24) is 10.2 Å². The SMILES string of the molecule is CCNC1CC(C)CCC1(c1ccc(Cl)cc1)N(CC)CC. The highest BCUT2D eigenvalue weighted by Crippen LogP contribution is 2.44. The molecule has 0 bridgehead atoms. The van der Waals surface area contributed by atoms with E-state index >= 15 is 0 Å². The van der Waals surface area contributed by atoms with Crippen LogP contribution in [0.4, 0.5) is 0 Å². The zero-order chi connectivity index (χ0) is 16.2. The standard InChI is InChI=1S/C19H31ClN2/c1-5-21-18-14-15(4)12-13-19(18,22(6-2)7-3)16-8-10-17(20)11-9-16/h8-11,15,18,21H,5-7,12-14H2,1-4H3. The van der Waals surface area contributed by atoms with Crippen LogP contribution in [0.3, 0.4) is 0 Å². The minimum absolute atomic E-state index is 0.0939. The van der Waals surface area contributed by atoms with Crippen LogP contribution >= 0.6 is 11.6 Å². The molecule has 0 saturated heterocycles. The lowest BCUT2D eigenvalue weighted by molar-refractivity contribution is 0.00990. The molecular formula is C19H31ClN2. The van der Waals surface area contributed by atoms with Crippen molar-refractivity contribution in [3.8, 4) is 0 Å². The van der Waals surface area contributed by atoms with E-state index in [9.17, 15) is 0 Å². The Morgan fingerprint density at radius 1 is 1.18 bits per heavy atom. The topological polar surface area (TPSA) is 15.3 Å². The predicted molar refractivity (Wildman–Crippen MR) is 96.5 cm³/mol. The highest BCUT2D eigenvalue weighted by Gasteiger charge is 2.46. The summed E-state index contributed by atoms with van der Waals surface area (Å²) in [6.07, 6.45) is 3.75. The molecule has 0 spiro atoms. The Bertz CT molecular complexity index is 455. The van der Waals surface area contributed by atoms with Gasteiger partial charge in [0.1, 0.15) is 0 Å². The van der Waals surface area contributed by atoms with Crippen LogP contribution in [-0.4, -0.2) is 30.6 Å². The summed E-state index contributed by atoms with van der Waals surface area (Å²) in [6.45, 7) is 12.3. The summed E-state index contributed by atoms with van der Waals surface area (Å²) in [5.74, 6) is 0.792. The Hall–Kier alpha value is -0.570. The van der Waals surface area contributed by atoms with Crippen LogP contribution in [0.5, 0.6) is 0 Å². The van der Waals surface area contributed by atoms with E-state index in [2.05, 4.69) is 50.0 Å². The summed E-state index contributed by atoms with van der Waals surface area (Å²) in [5, 5.41) is 4.62. The van der Waals surface area contributed by atoms with Crippen molar-refractivity contribution in [2.24, 2.45) is 5.92 Å². The smallest absolute Gasteiger partial charge is 0.0615 e. The summed E-state index contributed by atoms with van der Waals surface area (Å²) in [5.41, 5.74) is 1.51. The highest BCUT2D eigenvalue weighted by molar-refractivity contribution is 6.30. The fourth-order valence-corrected chi connectivity index (χ4v) is 4.41. The Kier molecular flexibility index (Phi) is 6.31. The maximum atomic E-state index is 6.13. The van der Waals surface area contributed by atoms with Crippen molar-refractivity contribution in [1.29, 1.82) is 0 Å². The van der Waals surface area contributed by atoms with Crippen LogP contribution in [0.15, 0.2) is 24.3 Å². The molecule has 0 radical (unpaired) electrons. The van der Waals surface area contributed by atoms with Crippen molar-refractivity contribution in [3.63, 3.8) is 0 Å². The normalized spacial score (nSPS) is 29.0. The van der Waals surface area contributed by atoms with Gasteiger partial charge in [-0.3, -0.25) is 4.90 Å². The molecule has 1 saturated carbocycles. The molecule has 1 aromatic rings. The summed E-state index contributed by atoms with van der Waals surface area (Å²) in [4.78, 5) is 2.65. The van der Waals surface area contributed by atoms with Gasteiger partial charge in [-0.2, -0.15) is 0 Å². The monoisotopic (exact) mass is 322 g/mol. The van der Waals surface area contributed by atoms with Gasteiger partial charge in [0.2, 0.25) is 0 Å². The minimum Gasteiger partial charge on any atom is -0.312 e. The number of nitrogens with one attached hydrogen (secondary N) is 1. The fraction of sp³-hybridized carbons (Fsp3) is 0.684. The maximum Gasteiger partial charge on any atom is 0.0615 e. The van der Waals surface area contributed by atoms with Gasteiger partial charge in [0.15, 0.2) is 0 Å². The van der Waals surface area contributed by atoms with Gasteiger partial charge in [-0.25, -0.2) is 0 Å². The second-order valence-electron chi connectivity index (χ2n) is 6.59. The first-order chi connectivity index (χ1) is 10.6. The number of benzene rings is 1. The first kappa shape index (κ1) is 17.8. The van der Waals surface area contributed by atoms with E-state index in [-0.39, 0.29) is 5.54 Å². The molecular weight excluding hydrogens is 292 g/mol. The van der Waals surface area contributed by atoms with Crippen LogP contribution in [0.2, 0.25) is 5.02 Å². The van der Waals surface area contributed by atoms with Gasteiger partial charge < -0.3 is 5.32 Å². The number of likely N-dealkylation sites (N-methyl/N-ethyl adjacent to an activating group) is 2. The lowest BCUT2D eigenvalue weighted by Crippen LogP contribution is -2.61. The van der Waals surface area contributed by atoms with Gasteiger partial charge in [0.25, 0.3) is 0 Å². The fourth-order valence-electron chi connectivity index (χ4n) is 4.29. The second kappa shape index (κ2) is 7.81. The van der Waals surface area contributed by atoms with Gasteiger partial charge in [0, 0.05) is 11.1 Å². The number of halogens is 1. The average molecular weight is 323 g/mol. The highest BCUT2D eigenvalue weighted by atomic mass is 35.5. The third kappa shape index (κ3) is 3.34. The first-order valence-electron chi connectivity index (χ1n) is 8.82. The lowest BCUT2D eigenvalue weighted by atomic mass is 9.68. The molecule has 1 fully saturated rings. The van der Waals surface area contributed by atoms with E-state index in [1.54, 1.807) is 0 Å². The van der Waals surface area contributed by atoms with Crippen LogP contribution < -0.4 is 5.32 Å². The minimum atomic E-state index is 0.0939. The summed E-state index contributed by atoms with van der Waals surface area (Å²) >= 11 is 6.13. The third-order valence-corrected chi connectivity index (χ3v) is 5.61. The van der Waals surface area contributed by atoms with Crippen molar-refractivity contribution in [3.05, 3.63) is 34.9 Å². The molecule has 0 amide bonds. The Labute approximate surface area is 141 Å². The first-order valence-corrected chi connectivity index (χ1v) is 9.20. The van der Waals surface area contributed by atoms with Crippen LogP contribution in [0.1, 0.15) is 52.5 Å². The maximum absolute atomic E-state index is 6.13. The Morgan fingerprint density at radius 2 is 1.82 bits per heavy atom. The van der Waals surface area contributed by atoms with E-state index in [0.717, 1.165) is 30.6 Å². The predicted octanol–water partition coefficient (Wildman–Crippen LogP) is 4.68. The molecule has 2 rings (SSSR count). The quantitative estimate of drug-likeness (QED) is 0.818. The third-order valence-electron chi connectivity index (χ3n) is 5.36. The Morgan fingerprint density at radius 3 is 2.36 bits per heavy atom. The molecule has 1 N–H and O–H groups in total. The molecule has 1 aliphatic rings. The molecule has 22 heavy (non-hydrogen) atoms.